The molecule has 5 atom stereocenters. The molecular formula is C15H24N2O2. The first-order valence-corrected chi connectivity index (χ1v) is 8.06. The molecule has 0 saturated carbocycles. The van der Waals surface area contributed by atoms with E-state index >= 15 is 0 Å². The zero-order valence-electron chi connectivity index (χ0n) is 11.6. The van der Waals surface area contributed by atoms with E-state index in [4.69, 9.17) is 0 Å². The Morgan fingerprint density at radius 1 is 1.11 bits per heavy atom. The van der Waals surface area contributed by atoms with Crippen molar-refractivity contribution in [3.63, 3.8) is 0 Å². The second kappa shape index (κ2) is 4.19. The van der Waals surface area contributed by atoms with Crippen molar-refractivity contribution in [2.75, 3.05) is 19.6 Å². The lowest BCUT2D eigenvalue weighted by Gasteiger charge is -2.64. The molecule has 4 aliphatic heterocycles. The molecule has 0 aliphatic carbocycles. The minimum absolute atomic E-state index is 0.0772. The summed E-state index contributed by atoms with van der Waals surface area (Å²) in [5.74, 6) is 1.33. The number of nitrogens with zero attached hydrogens (tertiary/aromatic N) is 2. The molecule has 0 aromatic heterocycles. The molecule has 106 valence electrons. The van der Waals surface area contributed by atoms with Crippen molar-refractivity contribution < 1.29 is 9.44 Å². The molecule has 0 spiro atoms. The van der Waals surface area contributed by atoms with Crippen LogP contribution in [0.15, 0.2) is 0 Å². The summed E-state index contributed by atoms with van der Waals surface area (Å²) in [5, 5.41) is 13.1. The zero-order valence-corrected chi connectivity index (χ0v) is 11.6. The molecule has 4 rings (SSSR count). The number of hydrogen-bond acceptors (Lipinski definition) is 2. The SMILES string of the molecule is O=C1CCC[C@H]2[C@H]3CCC[N+]4([O-])CCC[C@@H](CN12)[C@@H]34. The quantitative estimate of drug-likeness (QED) is 0.495. The molecule has 4 aliphatic rings. The first kappa shape index (κ1) is 12.2. The van der Waals surface area contributed by atoms with E-state index in [-0.39, 0.29) is 4.65 Å². The molecule has 1 amide bonds. The number of fused-ring (bicyclic) bond motifs is 2. The molecule has 4 nitrogen and oxygen atoms in total. The highest BCUT2D eigenvalue weighted by Crippen LogP contribution is 2.47. The number of carbonyl (C=O) groups excluding carboxylic acids is 1. The molecule has 0 radical (unpaired) electrons. The molecular weight excluding hydrogens is 240 g/mol. The monoisotopic (exact) mass is 264 g/mol. The first-order valence-electron chi connectivity index (χ1n) is 8.06. The first-order chi connectivity index (χ1) is 9.19. The molecule has 0 bridgehead atoms. The summed E-state index contributed by atoms with van der Waals surface area (Å²) in [7, 11) is 0. The van der Waals surface area contributed by atoms with E-state index in [9.17, 15) is 10.0 Å². The van der Waals surface area contributed by atoms with Gasteiger partial charge in [-0.15, -0.1) is 0 Å². The third-order valence-corrected chi connectivity index (χ3v) is 6.19. The Kier molecular flexibility index (Phi) is 2.68. The second-order valence-corrected chi connectivity index (χ2v) is 7.10. The van der Waals surface area contributed by atoms with Crippen LogP contribution >= 0.6 is 0 Å². The van der Waals surface area contributed by atoms with Gasteiger partial charge in [0.15, 0.2) is 0 Å². The summed E-state index contributed by atoms with van der Waals surface area (Å²) < 4.78 is 0.0772. The Morgan fingerprint density at radius 2 is 1.89 bits per heavy atom. The summed E-state index contributed by atoms with van der Waals surface area (Å²) in [6, 6.07) is 0.710. The molecule has 4 heteroatoms. The molecule has 4 fully saturated rings. The molecule has 4 saturated heterocycles. The summed E-state index contributed by atoms with van der Waals surface area (Å²) in [6.07, 6.45) is 7.38. The van der Waals surface area contributed by atoms with E-state index in [1.54, 1.807) is 0 Å². The molecule has 0 N–H and O–H groups in total. The summed E-state index contributed by atoms with van der Waals surface area (Å²) in [5.41, 5.74) is 0. The lowest BCUT2D eigenvalue weighted by atomic mass is 9.67. The Hall–Kier alpha value is -0.610. The largest absolute Gasteiger partial charge is 0.633 e. The van der Waals surface area contributed by atoms with E-state index in [1.165, 1.54) is 12.8 Å². The van der Waals surface area contributed by atoms with Crippen molar-refractivity contribution in [3.05, 3.63) is 5.21 Å². The molecule has 4 heterocycles. The van der Waals surface area contributed by atoms with Crippen LogP contribution in [0.1, 0.15) is 44.9 Å². The molecule has 0 aromatic carbocycles. The Morgan fingerprint density at radius 3 is 2.74 bits per heavy atom. The van der Waals surface area contributed by atoms with Crippen molar-refractivity contribution in [1.82, 2.24) is 4.90 Å². The van der Waals surface area contributed by atoms with Crippen molar-refractivity contribution >= 4 is 5.91 Å². The van der Waals surface area contributed by atoms with Crippen molar-refractivity contribution in [2.24, 2.45) is 11.8 Å². The van der Waals surface area contributed by atoms with Gasteiger partial charge in [-0.25, -0.2) is 0 Å². The predicted molar refractivity (Wildman–Crippen MR) is 71.9 cm³/mol. The third-order valence-electron chi connectivity index (χ3n) is 6.19. The van der Waals surface area contributed by atoms with Gasteiger partial charge in [-0.1, -0.05) is 0 Å². The van der Waals surface area contributed by atoms with E-state index in [0.717, 1.165) is 51.7 Å². The second-order valence-electron chi connectivity index (χ2n) is 7.10. The minimum atomic E-state index is 0.0772. The number of rotatable bonds is 0. The van der Waals surface area contributed by atoms with Gasteiger partial charge in [-0.05, 0) is 38.5 Å². The maximum absolute atomic E-state index is 13.1. The minimum Gasteiger partial charge on any atom is -0.633 e. The Balaban J connectivity index is 1.69. The van der Waals surface area contributed by atoms with Gasteiger partial charge in [0.05, 0.1) is 19.1 Å². The standard InChI is InChI=1S/C15H24N2O2/c18-14-7-1-6-13-12-5-3-9-17(19)8-2-4-11(15(12)17)10-16(13)14/h11-13,15H,1-10H2/t11-,12+,13-,15-,17?/m0/s1. The van der Waals surface area contributed by atoms with Crippen molar-refractivity contribution in [3.8, 4) is 0 Å². The molecule has 1 unspecified atom stereocenters. The van der Waals surface area contributed by atoms with Crippen LogP contribution in [0.3, 0.4) is 0 Å². The zero-order chi connectivity index (χ0) is 13.0. The summed E-state index contributed by atoms with van der Waals surface area (Å²) in [6.45, 7) is 2.55. The maximum Gasteiger partial charge on any atom is 0.222 e. The average molecular weight is 264 g/mol. The van der Waals surface area contributed by atoms with Crippen LogP contribution in [0.4, 0.5) is 0 Å². The fourth-order valence-electron chi connectivity index (χ4n) is 5.55. The Bertz CT molecular complexity index is 396. The van der Waals surface area contributed by atoms with Crippen molar-refractivity contribution in [2.45, 2.75) is 57.0 Å². The highest BCUT2D eigenvalue weighted by atomic mass is 16.5. The fourth-order valence-corrected chi connectivity index (χ4v) is 5.55. The van der Waals surface area contributed by atoms with E-state index in [1.807, 2.05) is 0 Å². The predicted octanol–water partition coefficient (Wildman–Crippen LogP) is 1.88. The van der Waals surface area contributed by atoms with Crippen LogP contribution in [0.2, 0.25) is 0 Å². The summed E-state index contributed by atoms with van der Waals surface area (Å²) in [4.78, 5) is 14.3. The van der Waals surface area contributed by atoms with Crippen LogP contribution in [0, 0.1) is 17.0 Å². The highest BCUT2D eigenvalue weighted by molar-refractivity contribution is 5.77. The third kappa shape index (κ3) is 1.69. The van der Waals surface area contributed by atoms with E-state index < -0.39 is 0 Å². The highest BCUT2D eigenvalue weighted by Gasteiger charge is 2.55. The number of amides is 1. The van der Waals surface area contributed by atoms with Gasteiger partial charge in [-0.2, -0.15) is 0 Å². The fraction of sp³-hybridized carbons (Fsp3) is 0.933. The van der Waals surface area contributed by atoms with Crippen molar-refractivity contribution in [1.29, 1.82) is 0 Å². The lowest BCUT2D eigenvalue weighted by Crippen LogP contribution is -2.71. The van der Waals surface area contributed by atoms with Crippen LogP contribution in [-0.2, 0) is 4.79 Å². The normalized spacial score (nSPS) is 49.5. The van der Waals surface area contributed by atoms with Gasteiger partial charge in [0.25, 0.3) is 0 Å². The smallest absolute Gasteiger partial charge is 0.222 e. The van der Waals surface area contributed by atoms with E-state index in [2.05, 4.69) is 4.90 Å². The van der Waals surface area contributed by atoms with Gasteiger partial charge in [-0.3, -0.25) is 4.79 Å². The van der Waals surface area contributed by atoms with E-state index in [0.29, 0.717) is 29.8 Å². The lowest BCUT2D eigenvalue weighted by molar-refractivity contribution is -0.925. The van der Waals surface area contributed by atoms with Gasteiger partial charge in [0.2, 0.25) is 5.91 Å². The Labute approximate surface area is 114 Å². The topological polar surface area (TPSA) is 43.4 Å². The molecule has 0 aromatic rings. The van der Waals surface area contributed by atoms with Gasteiger partial charge in [0.1, 0.15) is 0 Å². The van der Waals surface area contributed by atoms with Crippen LogP contribution in [-0.4, -0.2) is 47.2 Å². The number of carbonyl (C=O) groups is 1. The number of quaternary nitrogens is 1. The van der Waals surface area contributed by atoms with Crippen LogP contribution < -0.4 is 0 Å². The number of hydrogen-bond donors (Lipinski definition) is 0. The average Bonchev–Trinajstić information content (AvgIpc) is 2.40. The maximum atomic E-state index is 13.1. The van der Waals surface area contributed by atoms with Gasteiger partial charge >= 0.3 is 0 Å². The van der Waals surface area contributed by atoms with Crippen LogP contribution in [0.25, 0.3) is 0 Å². The number of piperidine rings is 4. The number of hydroxylamine groups is 3. The molecule has 19 heavy (non-hydrogen) atoms. The van der Waals surface area contributed by atoms with Gasteiger partial charge in [0, 0.05) is 30.8 Å². The summed E-state index contributed by atoms with van der Waals surface area (Å²) >= 11 is 0. The van der Waals surface area contributed by atoms with Gasteiger partial charge < -0.3 is 14.8 Å². The van der Waals surface area contributed by atoms with Crippen LogP contribution in [0.5, 0.6) is 0 Å².